The highest BCUT2D eigenvalue weighted by molar-refractivity contribution is 6.61. The normalized spacial score (nSPS) is 19.9. The standard InChI is InChI=1S/C13H20BN3O3/c1-6-10(18)17-11-15-7-9(8-16-11)14-19-12(2,3)13(4,5)20-14/h7-8H,6H2,1-5H3,(H,15,16,17,18). The van der Waals surface area contributed by atoms with E-state index >= 15 is 0 Å². The molecule has 0 spiro atoms. The van der Waals surface area contributed by atoms with Crippen molar-refractivity contribution in [1.29, 1.82) is 0 Å². The second-order valence-electron chi connectivity index (χ2n) is 5.83. The zero-order valence-electron chi connectivity index (χ0n) is 12.6. The van der Waals surface area contributed by atoms with Gasteiger partial charge in [0, 0.05) is 24.3 Å². The summed E-state index contributed by atoms with van der Waals surface area (Å²) in [5.41, 5.74) is -0.0577. The van der Waals surface area contributed by atoms with E-state index in [1.165, 1.54) is 0 Å². The van der Waals surface area contributed by atoms with Gasteiger partial charge in [-0.2, -0.15) is 0 Å². The lowest BCUT2D eigenvalue weighted by atomic mass is 9.81. The van der Waals surface area contributed by atoms with E-state index < -0.39 is 18.3 Å². The molecule has 0 aromatic carbocycles. The molecule has 2 rings (SSSR count). The molecule has 6 nitrogen and oxygen atoms in total. The number of hydrogen-bond acceptors (Lipinski definition) is 5. The number of hydrogen-bond donors (Lipinski definition) is 1. The fraction of sp³-hybridized carbons (Fsp3) is 0.615. The average Bonchev–Trinajstić information content (AvgIpc) is 2.59. The number of amides is 1. The zero-order chi connectivity index (χ0) is 15.0. The lowest BCUT2D eigenvalue weighted by Gasteiger charge is -2.32. The Morgan fingerprint density at radius 1 is 1.20 bits per heavy atom. The van der Waals surface area contributed by atoms with Crippen LogP contribution in [0.1, 0.15) is 41.0 Å². The van der Waals surface area contributed by atoms with E-state index in [2.05, 4.69) is 15.3 Å². The Morgan fingerprint density at radius 3 is 2.15 bits per heavy atom. The van der Waals surface area contributed by atoms with Gasteiger partial charge in [0.05, 0.1) is 11.2 Å². The monoisotopic (exact) mass is 277 g/mol. The predicted molar refractivity (Wildman–Crippen MR) is 76.7 cm³/mol. The van der Waals surface area contributed by atoms with Crippen molar-refractivity contribution in [3.63, 3.8) is 0 Å². The van der Waals surface area contributed by atoms with Crippen LogP contribution in [0.25, 0.3) is 0 Å². The molecule has 108 valence electrons. The molecule has 0 unspecified atom stereocenters. The van der Waals surface area contributed by atoms with Gasteiger partial charge in [-0.1, -0.05) is 6.92 Å². The summed E-state index contributed by atoms with van der Waals surface area (Å²) in [5, 5.41) is 2.60. The molecule has 1 aliphatic rings. The Morgan fingerprint density at radius 2 is 1.70 bits per heavy atom. The van der Waals surface area contributed by atoms with Crippen LogP contribution in [0.2, 0.25) is 0 Å². The van der Waals surface area contributed by atoms with Crippen LogP contribution < -0.4 is 10.8 Å². The molecular formula is C13H20BN3O3. The largest absolute Gasteiger partial charge is 0.498 e. The molecule has 1 aromatic heterocycles. The highest BCUT2D eigenvalue weighted by Crippen LogP contribution is 2.36. The third-order valence-electron chi connectivity index (χ3n) is 3.77. The third kappa shape index (κ3) is 2.83. The van der Waals surface area contributed by atoms with Crippen LogP contribution in [0.3, 0.4) is 0 Å². The van der Waals surface area contributed by atoms with Crippen molar-refractivity contribution in [2.45, 2.75) is 52.2 Å². The maximum Gasteiger partial charge on any atom is 0.498 e. The molecule has 0 aliphatic carbocycles. The van der Waals surface area contributed by atoms with Gasteiger partial charge in [0.1, 0.15) is 0 Å². The van der Waals surface area contributed by atoms with E-state index in [0.717, 1.165) is 5.46 Å². The van der Waals surface area contributed by atoms with Crippen molar-refractivity contribution in [1.82, 2.24) is 9.97 Å². The second kappa shape index (κ2) is 5.14. The zero-order valence-corrected chi connectivity index (χ0v) is 12.6. The molecule has 1 aromatic rings. The molecule has 20 heavy (non-hydrogen) atoms. The predicted octanol–water partition coefficient (Wildman–Crippen LogP) is 1.12. The Bertz CT molecular complexity index is 486. The SMILES string of the molecule is CCC(=O)Nc1ncc(B2OC(C)(C)C(C)(C)O2)cn1. The summed E-state index contributed by atoms with van der Waals surface area (Å²) in [6.07, 6.45) is 3.61. The van der Waals surface area contributed by atoms with Gasteiger partial charge in [-0.3, -0.25) is 10.1 Å². The number of nitrogens with one attached hydrogen (secondary N) is 1. The van der Waals surface area contributed by atoms with Crippen LogP contribution in [-0.2, 0) is 14.1 Å². The highest BCUT2D eigenvalue weighted by Gasteiger charge is 2.51. The van der Waals surface area contributed by atoms with E-state index in [1.807, 2.05) is 27.7 Å². The number of anilines is 1. The molecule has 0 bridgehead atoms. The highest BCUT2D eigenvalue weighted by atomic mass is 16.7. The fourth-order valence-electron chi connectivity index (χ4n) is 1.72. The number of carbonyl (C=O) groups is 1. The van der Waals surface area contributed by atoms with Crippen LogP contribution in [0.5, 0.6) is 0 Å². The van der Waals surface area contributed by atoms with Gasteiger partial charge in [-0.05, 0) is 27.7 Å². The minimum Gasteiger partial charge on any atom is -0.399 e. The van der Waals surface area contributed by atoms with Gasteiger partial charge < -0.3 is 9.31 Å². The Labute approximate surface area is 119 Å². The van der Waals surface area contributed by atoms with E-state index in [-0.39, 0.29) is 11.9 Å². The second-order valence-corrected chi connectivity index (χ2v) is 5.83. The van der Waals surface area contributed by atoms with Crippen LogP contribution in [-0.4, -0.2) is 34.2 Å². The van der Waals surface area contributed by atoms with Crippen molar-refractivity contribution in [2.24, 2.45) is 0 Å². The molecule has 1 N–H and O–H groups in total. The topological polar surface area (TPSA) is 73.3 Å². The minimum absolute atomic E-state index is 0.117. The summed E-state index contributed by atoms with van der Waals surface area (Å²) in [6.45, 7) is 9.73. The molecule has 7 heteroatoms. The van der Waals surface area contributed by atoms with E-state index in [9.17, 15) is 4.79 Å². The van der Waals surface area contributed by atoms with Gasteiger partial charge in [-0.25, -0.2) is 9.97 Å². The number of nitrogens with zero attached hydrogens (tertiary/aromatic N) is 2. The van der Waals surface area contributed by atoms with Crippen molar-refractivity contribution in [3.8, 4) is 0 Å². The summed E-state index contributed by atoms with van der Waals surface area (Å²) >= 11 is 0. The quantitative estimate of drug-likeness (QED) is 0.838. The molecule has 2 heterocycles. The maximum atomic E-state index is 11.3. The lowest BCUT2D eigenvalue weighted by Crippen LogP contribution is -2.41. The molecular weight excluding hydrogens is 257 g/mol. The number of carbonyl (C=O) groups excluding carboxylic acids is 1. The van der Waals surface area contributed by atoms with Crippen molar-refractivity contribution < 1.29 is 14.1 Å². The summed E-state index contributed by atoms with van der Waals surface area (Å²) < 4.78 is 11.8. The molecule has 1 aliphatic heterocycles. The molecule has 1 fully saturated rings. The van der Waals surface area contributed by atoms with Crippen molar-refractivity contribution in [3.05, 3.63) is 12.4 Å². The fourth-order valence-corrected chi connectivity index (χ4v) is 1.72. The molecule has 0 atom stereocenters. The van der Waals surface area contributed by atoms with Gasteiger partial charge in [0.15, 0.2) is 0 Å². The first kappa shape index (κ1) is 14.9. The van der Waals surface area contributed by atoms with Crippen molar-refractivity contribution in [2.75, 3.05) is 5.32 Å². The van der Waals surface area contributed by atoms with Gasteiger partial charge >= 0.3 is 7.12 Å². The third-order valence-corrected chi connectivity index (χ3v) is 3.77. The Balaban J connectivity index is 2.10. The van der Waals surface area contributed by atoms with Gasteiger partial charge in [0.2, 0.25) is 11.9 Å². The summed E-state index contributed by atoms with van der Waals surface area (Å²) in [5.74, 6) is 0.172. The van der Waals surface area contributed by atoms with E-state index in [4.69, 9.17) is 9.31 Å². The Hall–Kier alpha value is -1.47. The lowest BCUT2D eigenvalue weighted by molar-refractivity contribution is -0.115. The summed E-state index contributed by atoms with van der Waals surface area (Å²) in [7, 11) is -0.490. The smallest absolute Gasteiger partial charge is 0.399 e. The molecule has 0 saturated carbocycles. The summed E-state index contributed by atoms with van der Waals surface area (Å²) in [4.78, 5) is 19.5. The Kier molecular flexibility index (Phi) is 3.84. The average molecular weight is 277 g/mol. The van der Waals surface area contributed by atoms with Crippen LogP contribution in [0.4, 0.5) is 5.95 Å². The number of aromatic nitrogens is 2. The van der Waals surface area contributed by atoms with Crippen LogP contribution in [0.15, 0.2) is 12.4 Å². The van der Waals surface area contributed by atoms with E-state index in [0.29, 0.717) is 6.42 Å². The summed E-state index contributed by atoms with van der Waals surface area (Å²) in [6, 6.07) is 0. The van der Waals surface area contributed by atoms with Crippen molar-refractivity contribution >= 4 is 24.4 Å². The van der Waals surface area contributed by atoms with Gasteiger partial charge in [0.25, 0.3) is 0 Å². The first-order chi connectivity index (χ1) is 9.25. The molecule has 1 amide bonds. The molecule has 1 saturated heterocycles. The first-order valence-electron chi connectivity index (χ1n) is 6.72. The van der Waals surface area contributed by atoms with Gasteiger partial charge in [-0.15, -0.1) is 0 Å². The number of rotatable bonds is 3. The minimum atomic E-state index is -0.490. The van der Waals surface area contributed by atoms with Crippen LogP contribution >= 0.6 is 0 Å². The van der Waals surface area contributed by atoms with E-state index in [1.54, 1.807) is 19.3 Å². The van der Waals surface area contributed by atoms with Crippen LogP contribution in [0, 0.1) is 0 Å². The maximum absolute atomic E-state index is 11.3. The molecule has 0 radical (unpaired) electrons. The first-order valence-corrected chi connectivity index (χ1v) is 6.72.